The quantitative estimate of drug-likeness (QED) is 0.438. The van der Waals surface area contributed by atoms with Crippen LogP contribution in [0.1, 0.15) is 17.9 Å². The second kappa shape index (κ2) is 11.6. The molecule has 0 aliphatic carbocycles. The van der Waals surface area contributed by atoms with E-state index in [1.165, 1.54) is 24.3 Å². The molecule has 0 saturated heterocycles. The molecule has 1 heterocycles. The minimum absolute atomic E-state index is 0.0238. The standard InChI is InChI=1S/C23H24FN3O6/c1-30-18-8-3-15(13-19(18)31-2)11-12-25-20(28)14-32-22(29)10-9-21-26-23(27-33-21)16-4-6-17(24)7-5-16/h3-8,13H,9-12,14H2,1-2H3,(H,25,28). The van der Waals surface area contributed by atoms with Gasteiger partial charge < -0.3 is 24.1 Å². The lowest BCUT2D eigenvalue weighted by molar-refractivity contribution is -0.148. The molecule has 1 N–H and O–H groups in total. The summed E-state index contributed by atoms with van der Waals surface area (Å²) in [7, 11) is 3.12. The van der Waals surface area contributed by atoms with Gasteiger partial charge >= 0.3 is 5.97 Å². The summed E-state index contributed by atoms with van der Waals surface area (Å²) in [6.45, 7) is -0.00452. The molecule has 0 radical (unpaired) electrons. The van der Waals surface area contributed by atoms with Crippen molar-refractivity contribution in [1.82, 2.24) is 15.5 Å². The van der Waals surface area contributed by atoms with Crippen LogP contribution >= 0.6 is 0 Å². The number of carbonyl (C=O) groups excluding carboxylic acids is 2. The van der Waals surface area contributed by atoms with Gasteiger partial charge in [0.2, 0.25) is 11.7 Å². The van der Waals surface area contributed by atoms with E-state index in [1.54, 1.807) is 20.3 Å². The number of esters is 1. The van der Waals surface area contributed by atoms with Crippen molar-refractivity contribution < 1.29 is 32.7 Å². The van der Waals surface area contributed by atoms with Crippen LogP contribution in [0.2, 0.25) is 0 Å². The maximum absolute atomic E-state index is 13.0. The smallest absolute Gasteiger partial charge is 0.306 e. The van der Waals surface area contributed by atoms with Gasteiger partial charge in [0.25, 0.3) is 5.91 Å². The third-order valence-electron chi connectivity index (χ3n) is 4.66. The summed E-state index contributed by atoms with van der Waals surface area (Å²) in [5.74, 6) is 0.450. The summed E-state index contributed by atoms with van der Waals surface area (Å²) in [6, 6.07) is 11.2. The van der Waals surface area contributed by atoms with E-state index >= 15 is 0 Å². The molecule has 1 amide bonds. The number of halogens is 1. The zero-order valence-electron chi connectivity index (χ0n) is 18.3. The van der Waals surface area contributed by atoms with Crippen LogP contribution in [0.15, 0.2) is 47.0 Å². The van der Waals surface area contributed by atoms with Crippen molar-refractivity contribution in [1.29, 1.82) is 0 Å². The normalized spacial score (nSPS) is 10.5. The van der Waals surface area contributed by atoms with Gasteiger partial charge in [-0.3, -0.25) is 9.59 Å². The number of benzene rings is 2. The molecular weight excluding hydrogens is 433 g/mol. The van der Waals surface area contributed by atoms with Crippen LogP contribution in [0.25, 0.3) is 11.4 Å². The highest BCUT2D eigenvalue weighted by atomic mass is 19.1. The Balaban J connectivity index is 1.35. The average molecular weight is 457 g/mol. The Morgan fingerprint density at radius 3 is 2.52 bits per heavy atom. The Labute approximate surface area is 189 Å². The Hall–Kier alpha value is -3.95. The number of nitrogens with one attached hydrogen (secondary N) is 1. The highest BCUT2D eigenvalue weighted by Crippen LogP contribution is 2.27. The molecule has 0 saturated carbocycles. The fraction of sp³-hybridized carbons (Fsp3) is 0.304. The second-order valence-corrected chi connectivity index (χ2v) is 6.97. The largest absolute Gasteiger partial charge is 0.493 e. The van der Waals surface area contributed by atoms with Gasteiger partial charge in [0, 0.05) is 18.5 Å². The molecule has 0 spiro atoms. The van der Waals surface area contributed by atoms with E-state index in [4.69, 9.17) is 18.7 Å². The number of carbonyl (C=O) groups is 2. The molecule has 9 nitrogen and oxygen atoms in total. The third-order valence-corrected chi connectivity index (χ3v) is 4.66. The van der Waals surface area contributed by atoms with Gasteiger partial charge in [0.1, 0.15) is 5.82 Å². The lowest BCUT2D eigenvalue weighted by Gasteiger charge is -2.10. The first kappa shape index (κ1) is 23.7. The maximum atomic E-state index is 13.0. The van der Waals surface area contributed by atoms with E-state index in [-0.39, 0.29) is 31.2 Å². The van der Waals surface area contributed by atoms with Crippen LogP contribution < -0.4 is 14.8 Å². The lowest BCUT2D eigenvalue weighted by atomic mass is 10.1. The molecule has 0 aliphatic rings. The third kappa shape index (κ3) is 7.03. The van der Waals surface area contributed by atoms with Crippen LogP contribution in [0, 0.1) is 5.82 Å². The molecule has 0 unspecified atom stereocenters. The molecular formula is C23H24FN3O6. The summed E-state index contributed by atoms with van der Waals surface area (Å²) < 4.78 is 33.5. The highest BCUT2D eigenvalue weighted by molar-refractivity contribution is 5.80. The number of hydrogen-bond donors (Lipinski definition) is 1. The van der Waals surface area contributed by atoms with Gasteiger partial charge in [-0.15, -0.1) is 0 Å². The first-order valence-corrected chi connectivity index (χ1v) is 10.2. The van der Waals surface area contributed by atoms with Crippen molar-refractivity contribution in [2.24, 2.45) is 0 Å². The van der Waals surface area contributed by atoms with Crippen molar-refractivity contribution in [3.05, 3.63) is 59.7 Å². The molecule has 3 aromatic rings. The lowest BCUT2D eigenvalue weighted by Crippen LogP contribution is -2.30. The molecule has 10 heteroatoms. The molecule has 0 atom stereocenters. The summed E-state index contributed by atoms with van der Waals surface area (Å²) >= 11 is 0. The number of amides is 1. The van der Waals surface area contributed by atoms with Crippen molar-refractivity contribution in [3.63, 3.8) is 0 Å². The minimum Gasteiger partial charge on any atom is -0.493 e. The Morgan fingerprint density at radius 2 is 1.79 bits per heavy atom. The highest BCUT2D eigenvalue weighted by Gasteiger charge is 2.13. The first-order chi connectivity index (χ1) is 16.0. The van der Waals surface area contributed by atoms with Gasteiger partial charge in [0.05, 0.1) is 20.6 Å². The fourth-order valence-electron chi connectivity index (χ4n) is 2.93. The Morgan fingerprint density at radius 1 is 1.03 bits per heavy atom. The average Bonchev–Trinajstić information content (AvgIpc) is 3.30. The summed E-state index contributed by atoms with van der Waals surface area (Å²) in [6.07, 6.45) is 0.714. The summed E-state index contributed by atoms with van der Waals surface area (Å²) in [5.41, 5.74) is 1.56. The maximum Gasteiger partial charge on any atom is 0.306 e. The fourth-order valence-corrected chi connectivity index (χ4v) is 2.93. The van der Waals surface area contributed by atoms with E-state index in [1.807, 2.05) is 12.1 Å². The number of nitrogens with zero attached hydrogens (tertiary/aromatic N) is 2. The van der Waals surface area contributed by atoms with Gasteiger partial charge in [-0.25, -0.2) is 4.39 Å². The summed E-state index contributed by atoms with van der Waals surface area (Å²) in [5, 5.41) is 6.50. The van der Waals surface area contributed by atoms with E-state index in [9.17, 15) is 14.0 Å². The molecule has 1 aromatic heterocycles. The number of aryl methyl sites for hydroxylation is 1. The Bertz CT molecular complexity index is 1080. The van der Waals surface area contributed by atoms with Crippen molar-refractivity contribution >= 4 is 11.9 Å². The second-order valence-electron chi connectivity index (χ2n) is 6.97. The van der Waals surface area contributed by atoms with Crippen LogP contribution in [0.5, 0.6) is 11.5 Å². The number of ether oxygens (including phenoxy) is 3. The number of methoxy groups -OCH3 is 2. The van der Waals surface area contributed by atoms with Crippen LogP contribution in [-0.4, -0.2) is 49.4 Å². The topological polar surface area (TPSA) is 113 Å². The predicted molar refractivity (Wildman–Crippen MR) is 115 cm³/mol. The SMILES string of the molecule is COc1ccc(CCNC(=O)COC(=O)CCc2nc(-c3ccc(F)cc3)no2)cc1OC. The monoisotopic (exact) mass is 457 g/mol. The van der Waals surface area contributed by atoms with E-state index in [0.717, 1.165) is 5.56 Å². The number of rotatable bonds is 11. The summed E-state index contributed by atoms with van der Waals surface area (Å²) in [4.78, 5) is 28.0. The number of hydrogen-bond acceptors (Lipinski definition) is 8. The van der Waals surface area contributed by atoms with E-state index < -0.39 is 11.9 Å². The van der Waals surface area contributed by atoms with Gasteiger partial charge in [-0.05, 0) is 48.4 Å². The zero-order chi connectivity index (χ0) is 23.6. The zero-order valence-corrected chi connectivity index (χ0v) is 18.3. The van der Waals surface area contributed by atoms with Crippen molar-refractivity contribution in [2.75, 3.05) is 27.4 Å². The molecule has 2 aromatic carbocycles. The molecule has 0 fully saturated rings. The van der Waals surface area contributed by atoms with Crippen LogP contribution in [0.4, 0.5) is 4.39 Å². The van der Waals surface area contributed by atoms with E-state index in [2.05, 4.69) is 15.5 Å². The molecule has 33 heavy (non-hydrogen) atoms. The van der Waals surface area contributed by atoms with Gasteiger partial charge in [-0.1, -0.05) is 11.2 Å². The van der Waals surface area contributed by atoms with E-state index in [0.29, 0.717) is 35.9 Å². The van der Waals surface area contributed by atoms with Crippen LogP contribution in [0.3, 0.4) is 0 Å². The van der Waals surface area contributed by atoms with Gasteiger partial charge in [-0.2, -0.15) is 4.98 Å². The van der Waals surface area contributed by atoms with Crippen molar-refractivity contribution in [3.8, 4) is 22.9 Å². The van der Waals surface area contributed by atoms with Crippen LogP contribution in [-0.2, 0) is 27.2 Å². The molecule has 3 rings (SSSR count). The molecule has 0 aliphatic heterocycles. The van der Waals surface area contributed by atoms with Crippen molar-refractivity contribution in [2.45, 2.75) is 19.3 Å². The minimum atomic E-state index is -0.563. The molecule has 174 valence electrons. The first-order valence-electron chi connectivity index (χ1n) is 10.2. The number of aromatic nitrogens is 2. The van der Waals surface area contributed by atoms with Gasteiger partial charge in [0.15, 0.2) is 18.1 Å². The predicted octanol–water partition coefficient (Wildman–Crippen LogP) is 2.73. The molecule has 0 bridgehead atoms. The Kier molecular flexibility index (Phi) is 8.34.